The Balaban J connectivity index is 2.01. The highest BCUT2D eigenvalue weighted by atomic mass is 32.2. The van der Waals surface area contributed by atoms with Crippen LogP contribution in [0.3, 0.4) is 0 Å². The molecule has 1 aliphatic heterocycles. The van der Waals surface area contributed by atoms with Crippen molar-refractivity contribution in [2.45, 2.75) is 50.8 Å². The third-order valence-corrected chi connectivity index (χ3v) is 5.91. The minimum absolute atomic E-state index is 0.0416. The SMILES string of the molecule is CC[C@@H](c1ccncc1)N(CC)C(=O)NC[C@]1(C)CCCS1. The molecule has 0 radical (unpaired) electrons. The van der Waals surface area contributed by atoms with Gasteiger partial charge in [-0.1, -0.05) is 6.92 Å². The van der Waals surface area contributed by atoms with E-state index in [1.807, 2.05) is 35.7 Å². The highest BCUT2D eigenvalue weighted by Gasteiger charge is 2.31. The van der Waals surface area contributed by atoms with Gasteiger partial charge in [-0.3, -0.25) is 4.98 Å². The average Bonchev–Trinajstić information content (AvgIpc) is 2.98. The van der Waals surface area contributed by atoms with Crippen LogP contribution in [-0.4, -0.2) is 39.5 Å². The molecule has 0 spiro atoms. The topological polar surface area (TPSA) is 45.2 Å². The van der Waals surface area contributed by atoms with E-state index in [4.69, 9.17) is 0 Å². The van der Waals surface area contributed by atoms with Crippen LogP contribution in [0.5, 0.6) is 0 Å². The Morgan fingerprint density at radius 2 is 2.18 bits per heavy atom. The molecule has 1 aliphatic rings. The first kappa shape index (κ1) is 17.1. The smallest absolute Gasteiger partial charge is 0.317 e. The molecule has 2 amide bonds. The first-order valence-corrected chi connectivity index (χ1v) is 9.16. The summed E-state index contributed by atoms with van der Waals surface area (Å²) in [4.78, 5) is 18.6. The summed E-state index contributed by atoms with van der Waals surface area (Å²) >= 11 is 1.98. The molecule has 1 N–H and O–H groups in total. The fourth-order valence-corrected chi connectivity index (χ4v) is 4.31. The Morgan fingerprint density at radius 1 is 1.45 bits per heavy atom. The lowest BCUT2D eigenvalue weighted by Gasteiger charge is -2.32. The summed E-state index contributed by atoms with van der Waals surface area (Å²) in [5.41, 5.74) is 1.15. The quantitative estimate of drug-likeness (QED) is 0.865. The van der Waals surface area contributed by atoms with E-state index in [0.29, 0.717) is 6.54 Å². The molecule has 0 saturated carbocycles. The number of pyridine rings is 1. The molecule has 1 aromatic heterocycles. The predicted octanol–water partition coefficient (Wildman–Crippen LogP) is 3.85. The summed E-state index contributed by atoms with van der Waals surface area (Å²) in [5, 5.41) is 3.15. The lowest BCUT2D eigenvalue weighted by Crippen LogP contribution is -2.46. The van der Waals surface area contributed by atoms with E-state index < -0.39 is 0 Å². The Kier molecular flexibility index (Phi) is 6.12. The van der Waals surface area contributed by atoms with Crippen LogP contribution in [0, 0.1) is 0 Å². The number of hydrogen-bond donors (Lipinski definition) is 1. The zero-order valence-corrected chi connectivity index (χ0v) is 14.7. The van der Waals surface area contributed by atoms with Gasteiger partial charge in [0.15, 0.2) is 0 Å². The molecule has 2 heterocycles. The fraction of sp³-hybridized carbons (Fsp3) is 0.647. The Hall–Kier alpha value is -1.23. The normalized spacial score (nSPS) is 22.3. The number of rotatable bonds is 6. The number of hydrogen-bond acceptors (Lipinski definition) is 3. The fourth-order valence-electron chi connectivity index (χ4n) is 3.07. The number of amides is 2. The largest absolute Gasteiger partial charge is 0.337 e. The second-order valence-electron chi connectivity index (χ2n) is 6.05. The van der Waals surface area contributed by atoms with Crippen LogP contribution in [0.4, 0.5) is 4.79 Å². The van der Waals surface area contributed by atoms with Crippen LogP contribution in [0.25, 0.3) is 0 Å². The number of carbonyl (C=O) groups excluding carboxylic acids is 1. The maximum Gasteiger partial charge on any atom is 0.317 e. The lowest BCUT2D eigenvalue weighted by molar-refractivity contribution is 0.175. The number of thioether (sulfide) groups is 1. The maximum absolute atomic E-state index is 12.6. The summed E-state index contributed by atoms with van der Waals surface area (Å²) in [7, 11) is 0. The Labute approximate surface area is 138 Å². The summed E-state index contributed by atoms with van der Waals surface area (Å²) in [6.45, 7) is 7.86. The molecule has 2 atom stereocenters. The van der Waals surface area contributed by atoms with Crippen molar-refractivity contribution in [3.8, 4) is 0 Å². The highest BCUT2D eigenvalue weighted by molar-refractivity contribution is 8.00. The van der Waals surface area contributed by atoms with E-state index in [0.717, 1.165) is 18.5 Å². The van der Waals surface area contributed by atoms with Gasteiger partial charge >= 0.3 is 6.03 Å². The van der Waals surface area contributed by atoms with Crippen LogP contribution < -0.4 is 5.32 Å². The van der Waals surface area contributed by atoms with Crippen molar-refractivity contribution in [1.82, 2.24) is 15.2 Å². The summed E-state index contributed by atoms with van der Waals surface area (Å²) in [6, 6.07) is 4.15. The van der Waals surface area contributed by atoms with E-state index >= 15 is 0 Å². The molecular formula is C17H27N3OS. The minimum Gasteiger partial charge on any atom is -0.337 e. The summed E-state index contributed by atoms with van der Waals surface area (Å²) in [6.07, 6.45) is 6.92. The van der Waals surface area contributed by atoms with Gasteiger partial charge in [-0.05, 0) is 56.6 Å². The van der Waals surface area contributed by atoms with Crippen LogP contribution in [0.2, 0.25) is 0 Å². The summed E-state index contributed by atoms with van der Waals surface area (Å²) < 4.78 is 0.202. The van der Waals surface area contributed by atoms with Crippen molar-refractivity contribution in [2.75, 3.05) is 18.8 Å². The van der Waals surface area contributed by atoms with E-state index in [1.54, 1.807) is 12.4 Å². The van der Waals surface area contributed by atoms with E-state index in [-0.39, 0.29) is 16.8 Å². The third-order valence-electron chi connectivity index (χ3n) is 4.37. The molecule has 122 valence electrons. The molecule has 2 rings (SSSR count). The molecule has 22 heavy (non-hydrogen) atoms. The molecule has 1 aromatic rings. The average molecular weight is 321 g/mol. The van der Waals surface area contributed by atoms with Crippen molar-refractivity contribution in [1.29, 1.82) is 0 Å². The van der Waals surface area contributed by atoms with Crippen LogP contribution in [0.1, 0.15) is 51.6 Å². The van der Waals surface area contributed by atoms with E-state index in [9.17, 15) is 4.79 Å². The number of aromatic nitrogens is 1. The van der Waals surface area contributed by atoms with Gasteiger partial charge in [0, 0.05) is 30.2 Å². The van der Waals surface area contributed by atoms with Crippen LogP contribution in [0.15, 0.2) is 24.5 Å². The molecule has 0 bridgehead atoms. The van der Waals surface area contributed by atoms with Crippen LogP contribution in [-0.2, 0) is 0 Å². The molecule has 5 heteroatoms. The first-order valence-electron chi connectivity index (χ1n) is 8.18. The molecular weight excluding hydrogens is 294 g/mol. The van der Waals surface area contributed by atoms with E-state index in [2.05, 4.69) is 24.1 Å². The monoisotopic (exact) mass is 321 g/mol. The van der Waals surface area contributed by atoms with Gasteiger partial charge in [-0.25, -0.2) is 4.79 Å². The van der Waals surface area contributed by atoms with Crippen molar-refractivity contribution in [3.63, 3.8) is 0 Å². The lowest BCUT2D eigenvalue weighted by atomic mass is 10.0. The molecule has 1 saturated heterocycles. The highest BCUT2D eigenvalue weighted by Crippen LogP contribution is 2.37. The molecule has 0 unspecified atom stereocenters. The molecule has 1 fully saturated rings. The number of carbonyl (C=O) groups is 1. The van der Waals surface area contributed by atoms with E-state index in [1.165, 1.54) is 18.6 Å². The van der Waals surface area contributed by atoms with Gasteiger partial charge in [0.25, 0.3) is 0 Å². The van der Waals surface area contributed by atoms with Crippen molar-refractivity contribution in [2.24, 2.45) is 0 Å². The van der Waals surface area contributed by atoms with Gasteiger partial charge in [0.2, 0.25) is 0 Å². The molecule has 0 aromatic carbocycles. The Morgan fingerprint density at radius 3 is 2.73 bits per heavy atom. The second kappa shape index (κ2) is 7.86. The number of urea groups is 1. The van der Waals surface area contributed by atoms with Gasteiger partial charge in [0.1, 0.15) is 0 Å². The molecule has 0 aliphatic carbocycles. The van der Waals surface area contributed by atoms with Crippen LogP contribution >= 0.6 is 11.8 Å². The van der Waals surface area contributed by atoms with Gasteiger partial charge < -0.3 is 10.2 Å². The zero-order valence-electron chi connectivity index (χ0n) is 13.8. The first-order chi connectivity index (χ1) is 10.6. The second-order valence-corrected chi connectivity index (χ2v) is 7.73. The number of nitrogens with zero attached hydrogens (tertiary/aromatic N) is 2. The standard InChI is InChI=1S/C17H27N3OS/c1-4-15(14-7-10-18-11-8-14)20(5-2)16(21)19-13-17(3)9-6-12-22-17/h7-8,10-11,15H,4-6,9,12-13H2,1-3H3,(H,19,21)/t15-,17-/m0/s1. The van der Waals surface area contributed by atoms with Gasteiger partial charge in [-0.15, -0.1) is 0 Å². The van der Waals surface area contributed by atoms with Gasteiger partial charge in [-0.2, -0.15) is 11.8 Å². The zero-order chi connectivity index (χ0) is 16.0. The van der Waals surface area contributed by atoms with Crippen molar-refractivity contribution < 1.29 is 4.79 Å². The molecule has 4 nitrogen and oxygen atoms in total. The van der Waals surface area contributed by atoms with Crippen molar-refractivity contribution >= 4 is 17.8 Å². The summed E-state index contributed by atoms with van der Waals surface area (Å²) in [5.74, 6) is 1.21. The van der Waals surface area contributed by atoms with Crippen molar-refractivity contribution in [3.05, 3.63) is 30.1 Å². The Bertz CT molecular complexity index is 474. The minimum atomic E-state index is 0.0416. The third kappa shape index (κ3) is 4.15. The maximum atomic E-state index is 12.6. The predicted molar refractivity (Wildman–Crippen MR) is 93.1 cm³/mol. The van der Waals surface area contributed by atoms with Gasteiger partial charge in [0.05, 0.1) is 6.04 Å². The number of nitrogens with one attached hydrogen (secondary N) is 1.